The predicted molar refractivity (Wildman–Crippen MR) is 65.9 cm³/mol. The summed E-state index contributed by atoms with van der Waals surface area (Å²) in [5.74, 6) is -0.0462. The van der Waals surface area contributed by atoms with E-state index in [-0.39, 0.29) is 23.6 Å². The SMILES string of the molecule is CC(C)(C)[Si](C)(C)OC[C@@H]1COCC(=O)N1. The molecule has 94 valence electrons. The fourth-order valence-corrected chi connectivity index (χ4v) is 2.27. The topological polar surface area (TPSA) is 47.6 Å². The van der Waals surface area contributed by atoms with Crippen LogP contribution >= 0.6 is 0 Å². The van der Waals surface area contributed by atoms with Crippen LogP contribution in [0.4, 0.5) is 0 Å². The van der Waals surface area contributed by atoms with Crippen molar-refractivity contribution in [1.82, 2.24) is 5.32 Å². The zero-order chi connectivity index (χ0) is 12.4. The van der Waals surface area contributed by atoms with Gasteiger partial charge >= 0.3 is 0 Å². The normalized spacial score (nSPS) is 23.1. The second kappa shape index (κ2) is 4.85. The summed E-state index contributed by atoms with van der Waals surface area (Å²) in [6, 6.07) is 0.00961. The second-order valence-corrected chi connectivity index (χ2v) is 10.7. The van der Waals surface area contributed by atoms with Gasteiger partial charge in [-0.05, 0) is 18.1 Å². The number of amides is 1. The van der Waals surface area contributed by atoms with Gasteiger partial charge in [0.05, 0.1) is 19.3 Å². The average Bonchev–Trinajstić information content (AvgIpc) is 2.13. The number of carbonyl (C=O) groups is 1. The highest BCUT2D eigenvalue weighted by atomic mass is 28.4. The molecule has 1 rings (SSSR count). The third-order valence-electron chi connectivity index (χ3n) is 3.37. The molecule has 0 bridgehead atoms. The zero-order valence-corrected chi connectivity index (χ0v) is 11.9. The first-order valence-corrected chi connectivity index (χ1v) is 8.64. The van der Waals surface area contributed by atoms with Gasteiger partial charge in [-0.1, -0.05) is 20.8 Å². The van der Waals surface area contributed by atoms with Crippen LogP contribution in [0.3, 0.4) is 0 Å². The maximum absolute atomic E-state index is 11.1. The highest BCUT2D eigenvalue weighted by Crippen LogP contribution is 2.36. The van der Waals surface area contributed by atoms with E-state index in [9.17, 15) is 4.79 Å². The van der Waals surface area contributed by atoms with E-state index < -0.39 is 8.32 Å². The van der Waals surface area contributed by atoms with Crippen LogP contribution in [-0.2, 0) is 14.0 Å². The molecule has 1 heterocycles. The van der Waals surface area contributed by atoms with Crippen LogP contribution < -0.4 is 5.32 Å². The van der Waals surface area contributed by atoms with Gasteiger partial charge < -0.3 is 14.5 Å². The molecule has 1 atom stereocenters. The summed E-state index contributed by atoms with van der Waals surface area (Å²) in [6.07, 6.45) is 0. The van der Waals surface area contributed by atoms with Crippen molar-refractivity contribution in [3.05, 3.63) is 0 Å². The third kappa shape index (κ3) is 3.57. The summed E-state index contributed by atoms with van der Waals surface area (Å²) < 4.78 is 11.2. The van der Waals surface area contributed by atoms with E-state index in [4.69, 9.17) is 9.16 Å². The molecular formula is C11H23NO3Si. The molecule has 4 nitrogen and oxygen atoms in total. The van der Waals surface area contributed by atoms with Crippen LogP contribution in [0.2, 0.25) is 18.1 Å². The fourth-order valence-electron chi connectivity index (χ4n) is 1.22. The summed E-state index contributed by atoms with van der Waals surface area (Å²) in [7, 11) is -1.72. The molecule has 0 aromatic heterocycles. The predicted octanol–water partition coefficient (Wildman–Crippen LogP) is 1.52. The lowest BCUT2D eigenvalue weighted by Gasteiger charge is -2.37. The number of carbonyl (C=O) groups excluding carboxylic acids is 1. The third-order valence-corrected chi connectivity index (χ3v) is 7.87. The van der Waals surface area contributed by atoms with E-state index in [1.807, 2.05) is 0 Å². The number of nitrogens with one attached hydrogen (secondary N) is 1. The van der Waals surface area contributed by atoms with Gasteiger partial charge in [0.25, 0.3) is 0 Å². The van der Waals surface area contributed by atoms with Gasteiger partial charge in [-0.2, -0.15) is 0 Å². The maximum atomic E-state index is 11.1. The highest BCUT2D eigenvalue weighted by Gasteiger charge is 2.37. The van der Waals surface area contributed by atoms with Gasteiger partial charge in [-0.3, -0.25) is 4.79 Å². The Morgan fingerprint density at radius 1 is 1.50 bits per heavy atom. The second-order valence-electron chi connectivity index (χ2n) is 5.85. The summed E-state index contributed by atoms with van der Waals surface area (Å²) in [5, 5.41) is 3.07. The van der Waals surface area contributed by atoms with Crippen LogP contribution in [0.1, 0.15) is 20.8 Å². The Bertz CT molecular complexity index is 260. The summed E-state index contributed by atoms with van der Waals surface area (Å²) in [4.78, 5) is 11.1. The molecule has 0 unspecified atom stereocenters. The van der Waals surface area contributed by atoms with Crippen molar-refractivity contribution in [2.45, 2.75) is 44.9 Å². The summed E-state index contributed by atoms with van der Waals surface area (Å²) in [5.41, 5.74) is 0. The van der Waals surface area contributed by atoms with Crippen LogP contribution in [0.25, 0.3) is 0 Å². The van der Waals surface area contributed by atoms with Gasteiger partial charge in [-0.15, -0.1) is 0 Å². The van der Waals surface area contributed by atoms with Crippen molar-refractivity contribution in [2.24, 2.45) is 0 Å². The molecule has 0 aromatic carbocycles. The van der Waals surface area contributed by atoms with Crippen molar-refractivity contribution in [2.75, 3.05) is 19.8 Å². The van der Waals surface area contributed by atoms with Gasteiger partial charge in [-0.25, -0.2) is 0 Å². The van der Waals surface area contributed by atoms with Crippen molar-refractivity contribution in [3.63, 3.8) is 0 Å². The Morgan fingerprint density at radius 2 is 2.12 bits per heavy atom. The molecule has 1 aliphatic heterocycles. The largest absolute Gasteiger partial charge is 0.415 e. The lowest BCUT2D eigenvalue weighted by Crippen LogP contribution is -2.51. The first-order chi connectivity index (χ1) is 7.22. The van der Waals surface area contributed by atoms with E-state index in [1.165, 1.54) is 0 Å². The quantitative estimate of drug-likeness (QED) is 0.767. The molecule has 0 radical (unpaired) electrons. The van der Waals surface area contributed by atoms with Crippen LogP contribution in [0, 0.1) is 0 Å². The van der Waals surface area contributed by atoms with Crippen LogP contribution in [0.15, 0.2) is 0 Å². The molecular weight excluding hydrogens is 222 g/mol. The molecule has 1 amide bonds. The van der Waals surface area contributed by atoms with E-state index in [0.717, 1.165) is 0 Å². The van der Waals surface area contributed by atoms with E-state index in [2.05, 4.69) is 39.2 Å². The number of hydrogen-bond acceptors (Lipinski definition) is 3. The first kappa shape index (κ1) is 13.7. The van der Waals surface area contributed by atoms with Gasteiger partial charge in [0, 0.05) is 0 Å². The van der Waals surface area contributed by atoms with Gasteiger partial charge in [0.15, 0.2) is 8.32 Å². The highest BCUT2D eigenvalue weighted by molar-refractivity contribution is 6.74. The van der Waals surface area contributed by atoms with E-state index in [0.29, 0.717) is 13.2 Å². The molecule has 0 aromatic rings. The Morgan fingerprint density at radius 3 is 2.62 bits per heavy atom. The van der Waals surface area contributed by atoms with Crippen LogP contribution in [-0.4, -0.2) is 40.1 Å². The summed E-state index contributed by atoms with van der Waals surface area (Å²) >= 11 is 0. The molecule has 1 saturated heterocycles. The first-order valence-electron chi connectivity index (χ1n) is 5.73. The molecule has 1 N–H and O–H groups in total. The Labute approximate surface area is 98.8 Å². The fraction of sp³-hybridized carbons (Fsp3) is 0.909. The standard InChI is InChI=1S/C11H23NO3Si/c1-11(2,3)16(4,5)15-7-9-6-14-8-10(13)12-9/h9H,6-8H2,1-5H3,(H,12,13)/t9-/m0/s1. The van der Waals surface area contributed by atoms with Gasteiger partial charge in [0.1, 0.15) is 6.61 Å². The number of hydrogen-bond donors (Lipinski definition) is 1. The molecule has 16 heavy (non-hydrogen) atoms. The van der Waals surface area contributed by atoms with Crippen molar-refractivity contribution in [3.8, 4) is 0 Å². The molecule has 0 aliphatic carbocycles. The minimum atomic E-state index is -1.72. The molecule has 1 fully saturated rings. The molecule has 1 aliphatic rings. The monoisotopic (exact) mass is 245 g/mol. The van der Waals surface area contributed by atoms with E-state index in [1.54, 1.807) is 0 Å². The Kier molecular flexibility index (Phi) is 4.15. The maximum Gasteiger partial charge on any atom is 0.246 e. The van der Waals surface area contributed by atoms with Gasteiger partial charge in [0.2, 0.25) is 5.91 Å². The molecule has 0 saturated carbocycles. The lowest BCUT2D eigenvalue weighted by atomic mass is 10.2. The number of ether oxygens (including phenoxy) is 1. The zero-order valence-electron chi connectivity index (χ0n) is 10.9. The van der Waals surface area contributed by atoms with Crippen molar-refractivity contribution < 1.29 is 14.0 Å². The van der Waals surface area contributed by atoms with E-state index >= 15 is 0 Å². The molecule has 5 heteroatoms. The number of rotatable bonds is 3. The lowest BCUT2D eigenvalue weighted by molar-refractivity contribution is -0.131. The van der Waals surface area contributed by atoms with Crippen molar-refractivity contribution >= 4 is 14.2 Å². The minimum Gasteiger partial charge on any atom is -0.415 e. The Hall–Kier alpha value is -0.393. The summed E-state index contributed by atoms with van der Waals surface area (Å²) in [6.45, 7) is 12.3. The number of morpholine rings is 1. The smallest absolute Gasteiger partial charge is 0.246 e. The van der Waals surface area contributed by atoms with Crippen LogP contribution in [0.5, 0.6) is 0 Å². The molecule has 0 spiro atoms. The minimum absolute atomic E-state index is 0.00961. The van der Waals surface area contributed by atoms with Crippen molar-refractivity contribution in [1.29, 1.82) is 0 Å². The Balaban J connectivity index is 2.42. The average molecular weight is 245 g/mol.